The van der Waals surface area contributed by atoms with Gasteiger partial charge in [-0.15, -0.1) is 0 Å². The average Bonchev–Trinajstić information content (AvgIpc) is 3.24. The molecule has 1 heterocycles. The van der Waals surface area contributed by atoms with E-state index in [1.54, 1.807) is 0 Å². The fourth-order valence-corrected chi connectivity index (χ4v) is 4.16. The molecule has 0 bridgehead atoms. The third-order valence-electron chi connectivity index (χ3n) is 6.18. The molecule has 1 aromatic rings. The maximum atomic E-state index is 10.7. The summed E-state index contributed by atoms with van der Waals surface area (Å²) >= 11 is 0. The molecule has 2 rings (SSSR count). The van der Waals surface area contributed by atoms with Crippen molar-refractivity contribution in [2.45, 2.75) is 109 Å². The van der Waals surface area contributed by atoms with Gasteiger partial charge in [-0.2, -0.15) is 0 Å². The third-order valence-corrected chi connectivity index (χ3v) is 6.18. The zero-order chi connectivity index (χ0) is 20.7. The predicted octanol–water partition coefficient (Wildman–Crippen LogP) is 6.92. The first-order valence-electron chi connectivity index (χ1n) is 12.2. The second kappa shape index (κ2) is 14.6. The van der Waals surface area contributed by atoms with Crippen molar-refractivity contribution in [2.24, 2.45) is 10.9 Å². The first-order valence-corrected chi connectivity index (χ1v) is 12.2. The van der Waals surface area contributed by atoms with E-state index >= 15 is 0 Å². The number of hydrogen-bond acceptors (Lipinski definition) is 3. The van der Waals surface area contributed by atoms with Crippen LogP contribution in [-0.4, -0.2) is 29.8 Å². The molecule has 29 heavy (non-hydrogen) atoms. The van der Waals surface area contributed by atoms with E-state index in [0.29, 0.717) is 12.5 Å². The van der Waals surface area contributed by atoms with E-state index in [1.165, 1.54) is 77.0 Å². The van der Waals surface area contributed by atoms with Gasteiger partial charge in [-0.05, 0) is 24.5 Å². The first-order chi connectivity index (χ1) is 14.2. The highest BCUT2D eigenvalue weighted by Gasteiger charge is 2.30. The first kappa shape index (κ1) is 23.9. The molecule has 0 unspecified atom stereocenters. The number of aliphatic hydroxyl groups excluding tert-OH is 1. The minimum Gasteiger partial charge on any atom is -0.475 e. The molecule has 3 nitrogen and oxygen atoms in total. The number of ether oxygens (including phenoxy) is 1. The van der Waals surface area contributed by atoms with Gasteiger partial charge in [0.25, 0.3) is 0 Å². The molecule has 1 aromatic carbocycles. The summed E-state index contributed by atoms with van der Waals surface area (Å²) in [5.41, 5.74) is 0.996. The summed E-state index contributed by atoms with van der Waals surface area (Å²) in [4.78, 5) is 4.63. The van der Waals surface area contributed by atoms with Crippen molar-refractivity contribution < 1.29 is 9.84 Å². The number of benzene rings is 1. The summed E-state index contributed by atoms with van der Waals surface area (Å²) in [7, 11) is 0. The Balaban J connectivity index is 1.50. The number of nitrogens with zero attached hydrogens (tertiary/aromatic N) is 1. The van der Waals surface area contributed by atoms with Crippen molar-refractivity contribution in [3.8, 4) is 0 Å². The average molecular weight is 402 g/mol. The highest BCUT2D eigenvalue weighted by atomic mass is 16.5. The van der Waals surface area contributed by atoms with Gasteiger partial charge in [0.2, 0.25) is 5.90 Å². The van der Waals surface area contributed by atoms with E-state index in [9.17, 15) is 5.11 Å². The largest absolute Gasteiger partial charge is 0.475 e. The number of aliphatic hydroxyl groups is 1. The Morgan fingerprint density at radius 2 is 1.45 bits per heavy atom. The van der Waals surface area contributed by atoms with Crippen LogP contribution in [0.3, 0.4) is 0 Å². The molecule has 1 aliphatic heterocycles. The number of unbranched alkanes of at least 4 members (excludes halogenated alkanes) is 11. The number of rotatable bonds is 16. The van der Waals surface area contributed by atoms with Crippen LogP contribution in [0.4, 0.5) is 0 Å². The normalized spacial score (nSPS) is 18.3. The highest BCUT2D eigenvalue weighted by Crippen LogP contribution is 2.22. The molecular weight excluding hydrogens is 358 g/mol. The van der Waals surface area contributed by atoms with Crippen molar-refractivity contribution in [2.75, 3.05) is 6.61 Å². The van der Waals surface area contributed by atoms with Gasteiger partial charge in [-0.3, -0.25) is 0 Å². The molecule has 164 valence electrons. The summed E-state index contributed by atoms with van der Waals surface area (Å²) in [6, 6.07) is 9.84. The Bertz CT molecular complexity index is 557. The Labute approximate surface area is 179 Å². The smallest absolute Gasteiger partial charge is 0.216 e. The van der Waals surface area contributed by atoms with Crippen molar-refractivity contribution in [3.05, 3.63) is 35.9 Å². The van der Waals surface area contributed by atoms with Crippen LogP contribution in [0.15, 0.2) is 35.3 Å². The lowest BCUT2D eigenvalue weighted by molar-refractivity contribution is 0.0748. The molecule has 0 saturated carbocycles. The lowest BCUT2D eigenvalue weighted by atomic mass is 9.93. The van der Waals surface area contributed by atoms with Crippen LogP contribution in [0, 0.1) is 5.92 Å². The lowest BCUT2D eigenvalue weighted by Crippen LogP contribution is -2.31. The third kappa shape index (κ3) is 9.33. The maximum absolute atomic E-state index is 10.7. The van der Waals surface area contributed by atoms with Gasteiger partial charge in [0.1, 0.15) is 12.6 Å². The van der Waals surface area contributed by atoms with E-state index in [0.717, 1.165) is 12.0 Å². The van der Waals surface area contributed by atoms with E-state index in [1.807, 2.05) is 30.3 Å². The zero-order valence-electron chi connectivity index (χ0n) is 18.8. The summed E-state index contributed by atoms with van der Waals surface area (Å²) in [6.45, 7) is 4.92. The molecule has 0 fully saturated rings. The molecule has 3 heteroatoms. The molecule has 3 atom stereocenters. The molecular formula is C26H43NO2. The quantitative estimate of drug-likeness (QED) is 0.305. The summed E-state index contributed by atoms with van der Waals surface area (Å²) in [6.07, 6.45) is 17.1. The van der Waals surface area contributed by atoms with E-state index in [-0.39, 0.29) is 12.0 Å². The maximum Gasteiger partial charge on any atom is 0.216 e. The molecule has 0 amide bonds. The highest BCUT2D eigenvalue weighted by molar-refractivity contribution is 5.95. The SMILES string of the molecule is CCCCCCCCCCCCCC[C@@H](C)[C@@H](O)[C@@H]1COC(c2ccccc2)=N1. The van der Waals surface area contributed by atoms with Crippen LogP contribution >= 0.6 is 0 Å². The minimum atomic E-state index is -0.413. The van der Waals surface area contributed by atoms with Crippen molar-refractivity contribution in [1.82, 2.24) is 0 Å². The fourth-order valence-electron chi connectivity index (χ4n) is 4.16. The van der Waals surface area contributed by atoms with Crippen LogP contribution in [0.5, 0.6) is 0 Å². The number of hydrogen-bond donors (Lipinski definition) is 1. The van der Waals surface area contributed by atoms with Gasteiger partial charge >= 0.3 is 0 Å². The molecule has 0 saturated heterocycles. The Morgan fingerprint density at radius 1 is 0.897 bits per heavy atom. The monoisotopic (exact) mass is 401 g/mol. The van der Waals surface area contributed by atoms with E-state index < -0.39 is 6.10 Å². The van der Waals surface area contributed by atoms with Gasteiger partial charge in [0, 0.05) is 5.56 Å². The molecule has 1 aliphatic rings. The lowest BCUT2D eigenvalue weighted by Gasteiger charge is -2.21. The summed E-state index contributed by atoms with van der Waals surface area (Å²) in [5, 5.41) is 10.7. The van der Waals surface area contributed by atoms with Crippen molar-refractivity contribution in [3.63, 3.8) is 0 Å². The van der Waals surface area contributed by atoms with Crippen LogP contribution in [-0.2, 0) is 4.74 Å². The van der Waals surface area contributed by atoms with E-state index in [4.69, 9.17) is 4.74 Å². The number of aliphatic imine (C=N–C) groups is 1. The second-order valence-corrected chi connectivity index (χ2v) is 8.82. The standard InChI is InChI=1S/C26H43NO2/c1-3-4-5-6-7-8-9-10-11-12-13-15-18-22(2)25(28)24-21-29-26(27-24)23-19-16-14-17-20-23/h14,16-17,19-20,22,24-25,28H,3-13,15,18,21H2,1-2H3/t22-,24+,25-/m1/s1. The van der Waals surface area contributed by atoms with Crippen LogP contribution < -0.4 is 0 Å². The van der Waals surface area contributed by atoms with Crippen LogP contribution in [0.2, 0.25) is 0 Å². The Hall–Kier alpha value is -1.35. The molecule has 0 radical (unpaired) electrons. The van der Waals surface area contributed by atoms with Gasteiger partial charge in [0.15, 0.2) is 0 Å². The molecule has 1 N–H and O–H groups in total. The zero-order valence-corrected chi connectivity index (χ0v) is 18.8. The minimum absolute atomic E-state index is 0.127. The van der Waals surface area contributed by atoms with Crippen molar-refractivity contribution >= 4 is 5.90 Å². The van der Waals surface area contributed by atoms with Crippen LogP contribution in [0.1, 0.15) is 103 Å². The molecule has 0 aliphatic carbocycles. The van der Waals surface area contributed by atoms with Crippen molar-refractivity contribution in [1.29, 1.82) is 0 Å². The topological polar surface area (TPSA) is 41.8 Å². The Kier molecular flexibility index (Phi) is 12.0. The van der Waals surface area contributed by atoms with Gasteiger partial charge in [-0.25, -0.2) is 4.99 Å². The van der Waals surface area contributed by atoms with Crippen LogP contribution in [0.25, 0.3) is 0 Å². The van der Waals surface area contributed by atoms with E-state index in [2.05, 4.69) is 18.8 Å². The Morgan fingerprint density at radius 3 is 2.03 bits per heavy atom. The van der Waals surface area contributed by atoms with Gasteiger partial charge < -0.3 is 9.84 Å². The fraction of sp³-hybridized carbons (Fsp3) is 0.731. The second-order valence-electron chi connectivity index (χ2n) is 8.82. The predicted molar refractivity (Wildman–Crippen MR) is 124 cm³/mol. The summed E-state index contributed by atoms with van der Waals surface area (Å²) < 4.78 is 5.73. The summed E-state index contributed by atoms with van der Waals surface area (Å²) in [5.74, 6) is 0.942. The van der Waals surface area contributed by atoms with Gasteiger partial charge in [0.05, 0.1) is 6.10 Å². The molecule has 0 aromatic heterocycles. The molecule has 0 spiro atoms. The van der Waals surface area contributed by atoms with Gasteiger partial charge in [-0.1, -0.05) is 109 Å².